The summed E-state index contributed by atoms with van der Waals surface area (Å²) in [5, 5.41) is 15.9. The van der Waals surface area contributed by atoms with E-state index in [9.17, 15) is 14.7 Å². The molecule has 3 amide bonds. The average Bonchev–Trinajstić information content (AvgIpc) is 2.91. The lowest BCUT2D eigenvalue weighted by Crippen LogP contribution is -2.50. The van der Waals surface area contributed by atoms with Crippen LogP contribution in [-0.4, -0.2) is 76.8 Å². The minimum Gasteiger partial charge on any atom is -0.486 e. The van der Waals surface area contributed by atoms with E-state index in [-0.39, 0.29) is 42.7 Å². The van der Waals surface area contributed by atoms with Gasteiger partial charge >= 0.3 is 6.03 Å². The number of pyridine rings is 1. The lowest BCUT2D eigenvalue weighted by Gasteiger charge is -2.38. The number of urea groups is 1. The molecule has 2 heterocycles. The zero-order valence-corrected chi connectivity index (χ0v) is 22.7. The number of anilines is 1. The zero-order chi connectivity index (χ0) is 27.1. The number of para-hydroxylation sites is 1. The van der Waals surface area contributed by atoms with Crippen LogP contribution < -0.4 is 15.4 Å². The third-order valence-corrected chi connectivity index (χ3v) is 7.57. The molecular weight excluding hydrogens is 482 g/mol. The maximum Gasteiger partial charge on any atom is 0.319 e. The second kappa shape index (κ2) is 13.1. The van der Waals surface area contributed by atoms with Crippen LogP contribution in [-0.2, 0) is 6.54 Å². The van der Waals surface area contributed by atoms with Gasteiger partial charge in [0.1, 0.15) is 6.10 Å². The van der Waals surface area contributed by atoms with Crippen molar-refractivity contribution in [1.29, 1.82) is 0 Å². The summed E-state index contributed by atoms with van der Waals surface area (Å²) in [5.74, 6) is 0.138. The Balaban J connectivity index is 1.60. The summed E-state index contributed by atoms with van der Waals surface area (Å²) in [4.78, 5) is 34.6. The van der Waals surface area contributed by atoms with Crippen molar-refractivity contribution >= 4 is 17.6 Å². The summed E-state index contributed by atoms with van der Waals surface area (Å²) in [5.41, 5.74) is 2.00. The monoisotopic (exact) mass is 523 g/mol. The number of hydrogen-bond acceptors (Lipinski definition) is 6. The summed E-state index contributed by atoms with van der Waals surface area (Å²) in [7, 11) is 2.04. The van der Waals surface area contributed by atoms with Crippen LogP contribution in [0, 0.1) is 5.92 Å². The topological polar surface area (TPSA) is 107 Å². The molecule has 0 unspecified atom stereocenters. The molecule has 1 aromatic carbocycles. The number of nitrogens with zero attached hydrogens (tertiary/aromatic N) is 3. The fourth-order valence-corrected chi connectivity index (χ4v) is 5.32. The largest absolute Gasteiger partial charge is 0.486 e. The third kappa shape index (κ3) is 7.02. The summed E-state index contributed by atoms with van der Waals surface area (Å²) in [6.07, 6.45) is 8.71. The number of aliphatic hydroxyl groups excluding tert-OH is 1. The number of ether oxygens (including phenoxy) is 1. The predicted molar refractivity (Wildman–Crippen MR) is 147 cm³/mol. The molecule has 0 saturated heterocycles. The third-order valence-electron chi connectivity index (χ3n) is 7.57. The predicted octanol–water partition coefficient (Wildman–Crippen LogP) is 3.89. The van der Waals surface area contributed by atoms with Crippen molar-refractivity contribution in [3.63, 3.8) is 0 Å². The van der Waals surface area contributed by atoms with E-state index in [0.29, 0.717) is 30.1 Å². The van der Waals surface area contributed by atoms with Crippen molar-refractivity contribution in [3.05, 3.63) is 53.9 Å². The molecule has 9 nitrogen and oxygen atoms in total. The van der Waals surface area contributed by atoms with E-state index in [1.165, 1.54) is 6.42 Å². The minimum atomic E-state index is -0.350. The molecule has 3 N–H and O–H groups in total. The Morgan fingerprint density at radius 1 is 1.21 bits per heavy atom. The van der Waals surface area contributed by atoms with Gasteiger partial charge in [0, 0.05) is 44.0 Å². The van der Waals surface area contributed by atoms with E-state index in [1.807, 2.05) is 26.1 Å². The maximum absolute atomic E-state index is 13.7. The number of hydrogen-bond donors (Lipinski definition) is 3. The summed E-state index contributed by atoms with van der Waals surface area (Å²) in [6.45, 7) is 5.56. The number of rotatable bonds is 8. The number of aromatic nitrogens is 1. The van der Waals surface area contributed by atoms with Crippen LogP contribution in [0.3, 0.4) is 0 Å². The van der Waals surface area contributed by atoms with Gasteiger partial charge in [0.25, 0.3) is 5.91 Å². The van der Waals surface area contributed by atoms with Gasteiger partial charge in [-0.25, -0.2) is 4.79 Å². The molecule has 2 aromatic rings. The molecule has 0 bridgehead atoms. The van der Waals surface area contributed by atoms with Crippen molar-refractivity contribution < 1.29 is 19.4 Å². The van der Waals surface area contributed by atoms with Crippen LogP contribution in [0.15, 0.2) is 42.7 Å². The Labute approximate surface area is 225 Å². The Morgan fingerprint density at radius 2 is 1.95 bits per heavy atom. The Hall–Kier alpha value is -3.17. The Kier molecular flexibility index (Phi) is 9.58. The van der Waals surface area contributed by atoms with Crippen molar-refractivity contribution in [1.82, 2.24) is 20.1 Å². The van der Waals surface area contributed by atoms with Crippen molar-refractivity contribution in [2.45, 2.75) is 70.7 Å². The molecular formula is C29H41N5O4. The van der Waals surface area contributed by atoms with Crippen LogP contribution in [0.2, 0.25) is 0 Å². The molecule has 206 valence electrons. The van der Waals surface area contributed by atoms with Crippen molar-refractivity contribution in [3.8, 4) is 5.75 Å². The average molecular weight is 524 g/mol. The molecule has 1 fully saturated rings. The standard InChI is InChI=1S/C29H41N5O4/c1-20-16-34(21(2)19-35)28(36)24-10-7-11-25(32-29(37)31-23-8-5-4-6-9-23)27(24)38-26(20)18-33(3)17-22-12-14-30-15-13-22/h7,10-15,20-21,23,26,35H,4-6,8-9,16-19H2,1-3H3,(H2,31,32,37)/t20-,21+,26-/m1/s1. The second-order valence-electron chi connectivity index (χ2n) is 10.8. The van der Waals surface area contributed by atoms with Crippen LogP contribution in [0.5, 0.6) is 5.75 Å². The molecule has 0 radical (unpaired) electrons. The summed E-state index contributed by atoms with van der Waals surface area (Å²) >= 11 is 0. The van der Waals surface area contributed by atoms with Crippen LogP contribution in [0.1, 0.15) is 61.9 Å². The SMILES string of the molecule is C[C@@H]1CN([C@@H](C)CO)C(=O)c2cccc(NC(=O)NC3CCCCC3)c2O[C@@H]1CN(C)Cc1ccncc1. The lowest BCUT2D eigenvalue weighted by molar-refractivity contribution is 0.0343. The maximum atomic E-state index is 13.7. The number of carbonyl (C=O) groups is 2. The number of likely N-dealkylation sites (N-methyl/N-ethyl adjacent to an activating group) is 1. The van der Waals surface area contributed by atoms with E-state index in [4.69, 9.17) is 4.74 Å². The number of carbonyl (C=O) groups excluding carboxylic acids is 2. The molecule has 1 aliphatic heterocycles. The van der Waals surface area contributed by atoms with Gasteiger partial charge in [0.15, 0.2) is 5.75 Å². The smallest absolute Gasteiger partial charge is 0.319 e. The van der Waals surface area contributed by atoms with Gasteiger partial charge in [-0.15, -0.1) is 0 Å². The first kappa shape index (κ1) is 27.9. The van der Waals surface area contributed by atoms with Gasteiger partial charge in [-0.3, -0.25) is 14.7 Å². The van der Waals surface area contributed by atoms with Crippen LogP contribution >= 0.6 is 0 Å². The number of benzene rings is 1. The number of aliphatic hydroxyl groups is 1. The van der Waals surface area contributed by atoms with E-state index in [1.54, 1.807) is 35.5 Å². The van der Waals surface area contributed by atoms with E-state index in [0.717, 1.165) is 37.8 Å². The van der Waals surface area contributed by atoms with Crippen molar-refractivity contribution in [2.75, 3.05) is 32.1 Å². The first-order chi connectivity index (χ1) is 18.4. The van der Waals surface area contributed by atoms with Gasteiger partial charge in [-0.2, -0.15) is 0 Å². The molecule has 9 heteroatoms. The quantitative estimate of drug-likeness (QED) is 0.485. The van der Waals surface area contributed by atoms with E-state index in [2.05, 4.69) is 27.4 Å². The zero-order valence-electron chi connectivity index (χ0n) is 22.7. The molecule has 4 rings (SSSR count). The molecule has 38 heavy (non-hydrogen) atoms. The molecule has 1 aromatic heterocycles. The number of fused-ring (bicyclic) bond motifs is 1. The van der Waals surface area contributed by atoms with Gasteiger partial charge in [-0.1, -0.05) is 32.3 Å². The molecule has 3 atom stereocenters. The molecule has 1 saturated carbocycles. The summed E-state index contributed by atoms with van der Waals surface area (Å²) in [6, 6.07) is 8.76. The normalized spacial score (nSPS) is 21.2. The molecule has 1 aliphatic carbocycles. The first-order valence-electron chi connectivity index (χ1n) is 13.7. The highest BCUT2D eigenvalue weighted by Crippen LogP contribution is 2.35. The highest BCUT2D eigenvalue weighted by Gasteiger charge is 2.34. The van der Waals surface area contributed by atoms with Gasteiger partial charge in [0.2, 0.25) is 0 Å². The van der Waals surface area contributed by atoms with E-state index >= 15 is 0 Å². The fraction of sp³-hybridized carbons (Fsp3) is 0.552. The minimum absolute atomic E-state index is 0.0230. The Morgan fingerprint density at radius 3 is 2.66 bits per heavy atom. The molecule has 2 aliphatic rings. The van der Waals surface area contributed by atoms with Gasteiger partial charge < -0.3 is 25.4 Å². The van der Waals surface area contributed by atoms with Gasteiger partial charge in [0.05, 0.1) is 23.9 Å². The van der Waals surface area contributed by atoms with Crippen molar-refractivity contribution in [2.24, 2.45) is 5.92 Å². The second-order valence-corrected chi connectivity index (χ2v) is 10.8. The highest BCUT2D eigenvalue weighted by atomic mass is 16.5. The van der Waals surface area contributed by atoms with Crippen LogP contribution in [0.25, 0.3) is 0 Å². The number of nitrogens with one attached hydrogen (secondary N) is 2. The first-order valence-corrected chi connectivity index (χ1v) is 13.7. The Bertz CT molecular complexity index is 1080. The number of amides is 3. The summed E-state index contributed by atoms with van der Waals surface area (Å²) < 4.78 is 6.61. The molecule has 0 spiro atoms. The van der Waals surface area contributed by atoms with Crippen LogP contribution in [0.4, 0.5) is 10.5 Å². The fourth-order valence-electron chi connectivity index (χ4n) is 5.32. The lowest BCUT2D eigenvalue weighted by atomic mass is 9.96. The van der Waals surface area contributed by atoms with E-state index < -0.39 is 0 Å². The highest BCUT2D eigenvalue weighted by molar-refractivity contribution is 6.01. The van der Waals surface area contributed by atoms with Gasteiger partial charge in [-0.05, 0) is 56.6 Å².